The van der Waals surface area contributed by atoms with Gasteiger partial charge < -0.3 is 10.1 Å². The quantitative estimate of drug-likeness (QED) is 0.523. The average molecular weight is 403 g/mol. The minimum atomic E-state index is 0.511. The van der Waals surface area contributed by atoms with Gasteiger partial charge in [-0.3, -0.25) is 0 Å². The summed E-state index contributed by atoms with van der Waals surface area (Å²) < 4.78 is 6.86. The summed E-state index contributed by atoms with van der Waals surface area (Å²) in [5.74, 6) is 0.702. The lowest BCUT2D eigenvalue weighted by atomic mass is 10.2. The van der Waals surface area contributed by atoms with Gasteiger partial charge in [-0.1, -0.05) is 63.9 Å². The van der Waals surface area contributed by atoms with Crippen LogP contribution < -0.4 is 10.1 Å². The Morgan fingerprint density at radius 2 is 1.62 bits per heavy atom. The molecule has 0 bridgehead atoms. The van der Waals surface area contributed by atoms with E-state index in [1.54, 1.807) is 0 Å². The molecule has 3 aromatic rings. The molecular weight excluding hydrogens is 386 g/mol. The Balaban J connectivity index is 1.58. The standard InChI is InChI=1S/C20H17BrClNO/c21-17-7-9-18(10-8-17)23-13-16-6-11-20(19(22)12-16)24-14-15-4-2-1-3-5-15/h1-12,23H,13-14H2. The molecular formula is C20H17BrClNO. The molecule has 0 aliphatic heterocycles. The van der Waals surface area contributed by atoms with E-state index in [4.69, 9.17) is 16.3 Å². The van der Waals surface area contributed by atoms with E-state index in [1.165, 1.54) is 0 Å². The molecule has 0 spiro atoms. The highest BCUT2D eigenvalue weighted by Crippen LogP contribution is 2.27. The highest BCUT2D eigenvalue weighted by atomic mass is 79.9. The third kappa shape index (κ3) is 4.76. The summed E-state index contributed by atoms with van der Waals surface area (Å²) in [5.41, 5.74) is 3.29. The Morgan fingerprint density at radius 1 is 0.875 bits per heavy atom. The van der Waals surface area contributed by atoms with E-state index in [0.717, 1.165) is 21.3 Å². The summed E-state index contributed by atoms with van der Waals surface area (Å²) >= 11 is 9.77. The molecule has 0 aromatic heterocycles. The Morgan fingerprint density at radius 3 is 2.33 bits per heavy atom. The van der Waals surface area contributed by atoms with Crippen molar-refractivity contribution in [1.82, 2.24) is 0 Å². The van der Waals surface area contributed by atoms with Crippen LogP contribution in [0.25, 0.3) is 0 Å². The first-order chi connectivity index (χ1) is 11.7. The monoisotopic (exact) mass is 401 g/mol. The predicted molar refractivity (Wildman–Crippen MR) is 104 cm³/mol. The number of ether oxygens (including phenoxy) is 1. The minimum absolute atomic E-state index is 0.511. The van der Waals surface area contributed by atoms with Gasteiger partial charge in [-0.15, -0.1) is 0 Å². The maximum absolute atomic E-state index is 6.34. The largest absolute Gasteiger partial charge is 0.487 e. The zero-order valence-electron chi connectivity index (χ0n) is 13.0. The van der Waals surface area contributed by atoms with E-state index in [1.807, 2.05) is 72.8 Å². The first kappa shape index (κ1) is 16.9. The van der Waals surface area contributed by atoms with Gasteiger partial charge in [0.25, 0.3) is 0 Å². The van der Waals surface area contributed by atoms with Crippen LogP contribution in [0.5, 0.6) is 5.75 Å². The van der Waals surface area contributed by atoms with E-state index in [9.17, 15) is 0 Å². The van der Waals surface area contributed by atoms with Crippen LogP contribution in [-0.2, 0) is 13.2 Å². The lowest BCUT2D eigenvalue weighted by Crippen LogP contribution is -2.00. The normalized spacial score (nSPS) is 10.4. The van der Waals surface area contributed by atoms with Gasteiger partial charge in [0.2, 0.25) is 0 Å². The fourth-order valence-electron chi connectivity index (χ4n) is 2.28. The third-order valence-corrected chi connectivity index (χ3v) is 4.40. The first-order valence-electron chi connectivity index (χ1n) is 7.65. The second-order valence-electron chi connectivity index (χ2n) is 5.40. The van der Waals surface area contributed by atoms with E-state index in [-0.39, 0.29) is 0 Å². The number of rotatable bonds is 6. The Kier molecular flexibility index (Phi) is 5.78. The summed E-state index contributed by atoms with van der Waals surface area (Å²) in [6.07, 6.45) is 0. The smallest absolute Gasteiger partial charge is 0.138 e. The molecule has 0 atom stereocenters. The number of hydrogen-bond acceptors (Lipinski definition) is 2. The second-order valence-corrected chi connectivity index (χ2v) is 6.72. The van der Waals surface area contributed by atoms with Crippen molar-refractivity contribution in [3.05, 3.63) is 93.4 Å². The van der Waals surface area contributed by atoms with Crippen molar-refractivity contribution >= 4 is 33.2 Å². The zero-order valence-corrected chi connectivity index (χ0v) is 15.3. The minimum Gasteiger partial charge on any atom is -0.487 e. The van der Waals surface area contributed by atoms with Gasteiger partial charge in [0.1, 0.15) is 12.4 Å². The van der Waals surface area contributed by atoms with Crippen LogP contribution in [0.3, 0.4) is 0 Å². The number of halogens is 2. The summed E-state index contributed by atoms with van der Waals surface area (Å²) in [5, 5.41) is 4.00. The molecule has 0 fully saturated rings. The Labute approximate surface area is 155 Å². The summed E-state index contributed by atoms with van der Waals surface area (Å²) in [7, 11) is 0. The van der Waals surface area contributed by atoms with Crippen LogP contribution in [0.1, 0.15) is 11.1 Å². The number of hydrogen-bond donors (Lipinski definition) is 1. The molecule has 3 aromatic carbocycles. The topological polar surface area (TPSA) is 21.3 Å². The van der Waals surface area contributed by atoms with Crippen molar-refractivity contribution in [2.45, 2.75) is 13.2 Å². The molecule has 4 heteroatoms. The molecule has 24 heavy (non-hydrogen) atoms. The molecule has 1 N–H and O–H groups in total. The first-order valence-corrected chi connectivity index (χ1v) is 8.82. The van der Waals surface area contributed by atoms with E-state index in [0.29, 0.717) is 23.9 Å². The van der Waals surface area contributed by atoms with Gasteiger partial charge in [-0.05, 0) is 47.5 Å². The Bertz CT molecular complexity index is 790. The van der Waals surface area contributed by atoms with Crippen LogP contribution in [0, 0.1) is 0 Å². The second kappa shape index (κ2) is 8.22. The van der Waals surface area contributed by atoms with Gasteiger partial charge in [-0.2, -0.15) is 0 Å². The van der Waals surface area contributed by atoms with Gasteiger partial charge in [0.15, 0.2) is 0 Å². The molecule has 3 rings (SSSR count). The number of nitrogens with one attached hydrogen (secondary N) is 1. The molecule has 122 valence electrons. The fourth-order valence-corrected chi connectivity index (χ4v) is 2.80. The van der Waals surface area contributed by atoms with Crippen molar-refractivity contribution in [3.63, 3.8) is 0 Å². The highest BCUT2D eigenvalue weighted by molar-refractivity contribution is 9.10. The third-order valence-electron chi connectivity index (χ3n) is 3.57. The van der Waals surface area contributed by atoms with Crippen LogP contribution >= 0.6 is 27.5 Å². The van der Waals surface area contributed by atoms with Gasteiger partial charge in [-0.25, -0.2) is 0 Å². The van der Waals surface area contributed by atoms with E-state index < -0.39 is 0 Å². The lowest BCUT2D eigenvalue weighted by Gasteiger charge is -2.11. The highest BCUT2D eigenvalue weighted by Gasteiger charge is 2.04. The predicted octanol–water partition coefficient (Wildman–Crippen LogP) is 6.29. The number of benzene rings is 3. The maximum atomic E-state index is 6.34. The average Bonchev–Trinajstić information content (AvgIpc) is 2.61. The summed E-state index contributed by atoms with van der Waals surface area (Å²) in [4.78, 5) is 0. The molecule has 0 unspecified atom stereocenters. The molecule has 0 radical (unpaired) electrons. The SMILES string of the molecule is Clc1cc(CNc2ccc(Br)cc2)ccc1OCc1ccccc1. The molecule has 0 heterocycles. The zero-order chi connectivity index (χ0) is 16.8. The van der Waals surface area contributed by atoms with Crippen molar-refractivity contribution in [2.75, 3.05) is 5.32 Å². The lowest BCUT2D eigenvalue weighted by molar-refractivity contribution is 0.306. The van der Waals surface area contributed by atoms with Crippen molar-refractivity contribution in [3.8, 4) is 5.75 Å². The fraction of sp³-hybridized carbons (Fsp3) is 0.100. The van der Waals surface area contributed by atoms with Crippen molar-refractivity contribution in [1.29, 1.82) is 0 Å². The number of anilines is 1. The summed E-state index contributed by atoms with van der Waals surface area (Å²) in [6, 6.07) is 24.0. The van der Waals surface area contributed by atoms with E-state index >= 15 is 0 Å². The molecule has 0 aliphatic rings. The molecule has 0 saturated heterocycles. The van der Waals surface area contributed by atoms with Crippen molar-refractivity contribution < 1.29 is 4.74 Å². The van der Waals surface area contributed by atoms with Gasteiger partial charge in [0, 0.05) is 16.7 Å². The van der Waals surface area contributed by atoms with Crippen LogP contribution in [0.2, 0.25) is 5.02 Å². The van der Waals surface area contributed by atoms with Crippen molar-refractivity contribution in [2.24, 2.45) is 0 Å². The van der Waals surface area contributed by atoms with E-state index in [2.05, 4.69) is 21.2 Å². The molecule has 2 nitrogen and oxygen atoms in total. The summed E-state index contributed by atoms with van der Waals surface area (Å²) in [6.45, 7) is 1.22. The molecule has 0 amide bonds. The Hall–Kier alpha value is -1.97. The maximum Gasteiger partial charge on any atom is 0.138 e. The van der Waals surface area contributed by atoms with Gasteiger partial charge in [0.05, 0.1) is 5.02 Å². The molecule has 0 saturated carbocycles. The van der Waals surface area contributed by atoms with Crippen LogP contribution in [0.15, 0.2) is 77.3 Å². The van der Waals surface area contributed by atoms with Crippen LogP contribution in [-0.4, -0.2) is 0 Å². The molecule has 0 aliphatic carbocycles. The van der Waals surface area contributed by atoms with Crippen LogP contribution in [0.4, 0.5) is 5.69 Å². The van der Waals surface area contributed by atoms with Gasteiger partial charge >= 0.3 is 0 Å².